The number of benzene rings is 2. The van der Waals surface area contributed by atoms with Gasteiger partial charge < -0.3 is 15.2 Å². The zero-order valence-corrected chi connectivity index (χ0v) is 19.9. The highest BCUT2D eigenvalue weighted by Gasteiger charge is 2.53. The maximum absolute atomic E-state index is 13.3. The van der Waals surface area contributed by atoms with Gasteiger partial charge >= 0.3 is 0 Å². The van der Waals surface area contributed by atoms with E-state index < -0.39 is 5.41 Å². The van der Waals surface area contributed by atoms with Crippen molar-refractivity contribution >= 4 is 34.0 Å². The molecule has 2 aliphatic rings. The van der Waals surface area contributed by atoms with Crippen molar-refractivity contribution in [3.8, 4) is 5.75 Å². The molecule has 6 nitrogen and oxygen atoms in total. The predicted octanol–water partition coefficient (Wildman–Crippen LogP) is 4.63. The molecule has 172 valence electrons. The highest BCUT2D eigenvalue weighted by Crippen LogP contribution is 2.52. The van der Waals surface area contributed by atoms with Gasteiger partial charge in [-0.2, -0.15) is 0 Å². The van der Waals surface area contributed by atoms with Crippen LogP contribution < -0.4 is 10.1 Å². The van der Waals surface area contributed by atoms with Gasteiger partial charge in [0.15, 0.2) is 5.13 Å². The van der Waals surface area contributed by atoms with Crippen molar-refractivity contribution in [2.45, 2.75) is 36.8 Å². The first-order valence-electron chi connectivity index (χ1n) is 11.1. The van der Waals surface area contributed by atoms with Crippen LogP contribution in [0.2, 0.25) is 5.02 Å². The van der Waals surface area contributed by atoms with Crippen LogP contribution in [0.25, 0.3) is 0 Å². The van der Waals surface area contributed by atoms with Gasteiger partial charge in [-0.25, -0.2) is 4.98 Å². The summed E-state index contributed by atoms with van der Waals surface area (Å²) < 4.78 is 5.50. The molecule has 5 rings (SSSR count). The van der Waals surface area contributed by atoms with E-state index in [-0.39, 0.29) is 18.1 Å². The van der Waals surface area contributed by atoms with E-state index in [1.54, 1.807) is 7.11 Å². The molecule has 2 atom stereocenters. The Hall–Kier alpha value is -2.45. The van der Waals surface area contributed by atoms with E-state index in [9.17, 15) is 9.90 Å². The van der Waals surface area contributed by atoms with Gasteiger partial charge in [-0.15, -0.1) is 0 Å². The molecule has 1 unspecified atom stereocenters. The van der Waals surface area contributed by atoms with Crippen LogP contribution >= 0.6 is 22.9 Å². The molecule has 1 aromatic heterocycles. The van der Waals surface area contributed by atoms with Crippen LogP contribution in [0.1, 0.15) is 41.3 Å². The first-order valence-corrected chi connectivity index (χ1v) is 12.3. The third-order valence-electron chi connectivity index (χ3n) is 6.58. The standard InChI is InChI=1S/C25H26ClN3O3S/c1-32-20-9-5-3-7-18(20)25(11-12-25)23(31)28-24-27-14-21(33-24)22(29-13-10-16(30)15-29)17-6-2-4-8-19(17)26/h2-9,14,16,22,30H,10-13,15H2,1H3,(H,27,28,31)/t16-,22?/m0/s1. The Kier molecular flexibility index (Phi) is 6.14. The van der Waals surface area contributed by atoms with Crippen molar-refractivity contribution in [3.05, 3.63) is 75.8 Å². The van der Waals surface area contributed by atoms with Crippen molar-refractivity contribution in [2.24, 2.45) is 0 Å². The van der Waals surface area contributed by atoms with E-state index in [1.807, 2.05) is 54.7 Å². The number of β-amino-alcohol motifs (C(OH)–C–C–N with tert-alkyl or cyclic N) is 1. The lowest BCUT2D eigenvalue weighted by Gasteiger charge is -2.27. The first-order chi connectivity index (χ1) is 16.0. The fourth-order valence-corrected chi connectivity index (χ4v) is 5.91. The summed E-state index contributed by atoms with van der Waals surface area (Å²) in [6.45, 7) is 1.35. The smallest absolute Gasteiger partial charge is 0.236 e. The van der Waals surface area contributed by atoms with Gasteiger partial charge in [0.05, 0.1) is 24.7 Å². The number of nitrogens with one attached hydrogen (secondary N) is 1. The summed E-state index contributed by atoms with van der Waals surface area (Å²) in [5.74, 6) is 0.676. The van der Waals surface area contributed by atoms with Crippen LogP contribution in [0.5, 0.6) is 5.75 Å². The maximum Gasteiger partial charge on any atom is 0.236 e. The van der Waals surface area contributed by atoms with Crippen LogP contribution in [0, 0.1) is 0 Å². The van der Waals surface area contributed by atoms with Crippen molar-refractivity contribution in [2.75, 3.05) is 25.5 Å². The Labute approximate surface area is 202 Å². The van der Waals surface area contributed by atoms with Crippen LogP contribution in [-0.4, -0.2) is 47.2 Å². The van der Waals surface area contributed by atoms with Crippen LogP contribution in [0.15, 0.2) is 54.7 Å². The molecule has 2 heterocycles. The molecular formula is C25H26ClN3O3S. The molecule has 0 bridgehead atoms. The summed E-state index contributed by atoms with van der Waals surface area (Å²) in [6, 6.07) is 15.3. The molecule has 1 amide bonds. The van der Waals surface area contributed by atoms with Gasteiger partial charge in [0, 0.05) is 34.7 Å². The highest BCUT2D eigenvalue weighted by atomic mass is 35.5. The summed E-state index contributed by atoms with van der Waals surface area (Å²) in [7, 11) is 1.63. The Morgan fingerprint density at radius 3 is 2.73 bits per heavy atom. The van der Waals surface area contributed by atoms with Crippen molar-refractivity contribution in [3.63, 3.8) is 0 Å². The molecular weight excluding hydrogens is 458 g/mol. The number of thiazole rings is 1. The molecule has 1 saturated heterocycles. The third-order valence-corrected chi connectivity index (χ3v) is 7.89. The lowest BCUT2D eigenvalue weighted by atomic mass is 9.94. The number of aromatic nitrogens is 1. The summed E-state index contributed by atoms with van der Waals surface area (Å²) >= 11 is 8.01. The molecule has 2 fully saturated rings. The van der Waals surface area contributed by atoms with E-state index >= 15 is 0 Å². The minimum Gasteiger partial charge on any atom is -0.496 e. The van der Waals surface area contributed by atoms with E-state index in [4.69, 9.17) is 16.3 Å². The average molecular weight is 484 g/mol. The largest absolute Gasteiger partial charge is 0.496 e. The molecule has 1 saturated carbocycles. The number of rotatable bonds is 7. The molecule has 1 aliphatic heterocycles. The Morgan fingerprint density at radius 1 is 1.27 bits per heavy atom. The zero-order chi connectivity index (χ0) is 23.0. The first kappa shape index (κ1) is 22.3. The van der Waals surface area contributed by atoms with Crippen molar-refractivity contribution in [1.29, 1.82) is 0 Å². The maximum atomic E-state index is 13.3. The van der Waals surface area contributed by atoms with Crippen molar-refractivity contribution in [1.82, 2.24) is 9.88 Å². The second-order valence-electron chi connectivity index (χ2n) is 8.67. The van der Waals surface area contributed by atoms with Crippen molar-refractivity contribution < 1.29 is 14.6 Å². The third kappa shape index (κ3) is 4.26. The van der Waals surface area contributed by atoms with Gasteiger partial charge in [-0.3, -0.25) is 9.69 Å². The number of aliphatic hydroxyl groups excluding tert-OH is 1. The highest BCUT2D eigenvalue weighted by molar-refractivity contribution is 7.15. The number of aliphatic hydroxyl groups is 1. The molecule has 3 aromatic rings. The second kappa shape index (κ2) is 9.06. The van der Waals surface area contributed by atoms with Gasteiger partial charge in [-0.05, 0) is 37.0 Å². The average Bonchev–Trinajstić information content (AvgIpc) is 3.34. The normalized spacial score (nSPS) is 20.4. The molecule has 33 heavy (non-hydrogen) atoms. The van der Waals surface area contributed by atoms with E-state index in [0.717, 1.165) is 47.6 Å². The molecule has 2 N–H and O–H groups in total. The SMILES string of the molecule is COc1ccccc1C1(C(=O)Nc2ncc(C(c3ccccc3Cl)N3CC[C@H](O)C3)s2)CC1. The summed E-state index contributed by atoms with van der Waals surface area (Å²) in [6.07, 6.45) is 3.75. The molecule has 0 spiro atoms. The zero-order valence-electron chi connectivity index (χ0n) is 18.3. The number of methoxy groups -OCH3 is 1. The monoisotopic (exact) mass is 483 g/mol. The van der Waals surface area contributed by atoms with Gasteiger partial charge in [0.1, 0.15) is 5.75 Å². The number of hydrogen-bond donors (Lipinski definition) is 2. The Balaban J connectivity index is 1.41. The lowest BCUT2D eigenvalue weighted by molar-refractivity contribution is -0.118. The number of nitrogens with zero attached hydrogens (tertiary/aromatic N) is 2. The number of halogens is 1. The molecule has 2 aromatic carbocycles. The number of amides is 1. The van der Waals surface area contributed by atoms with E-state index in [1.165, 1.54) is 11.3 Å². The fraction of sp³-hybridized carbons (Fsp3) is 0.360. The number of anilines is 1. The lowest BCUT2D eigenvalue weighted by Crippen LogP contribution is -2.28. The Bertz CT molecular complexity index is 1160. The summed E-state index contributed by atoms with van der Waals surface area (Å²) in [5, 5.41) is 14.4. The molecule has 0 radical (unpaired) electrons. The van der Waals surface area contributed by atoms with Gasteiger partial charge in [-0.1, -0.05) is 59.3 Å². The number of likely N-dealkylation sites (tertiary alicyclic amines) is 1. The number of para-hydroxylation sites is 1. The van der Waals surface area contributed by atoms with Gasteiger partial charge in [0.25, 0.3) is 0 Å². The van der Waals surface area contributed by atoms with Crippen LogP contribution in [-0.2, 0) is 10.2 Å². The fourth-order valence-electron chi connectivity index (χ4n) is 4.70. The topological polar surface area (TPSA) is 74.7 Å². The number of carbonyl (C=O) groups is 1. The van der Waals surface area contributed by atoms with Gasteiger partial charge in [0.2, 0.25) is 5.91 Å². The van der Waals surface area contributed by atoms with Crippen LogP contribution in [0.3, 0.4) is 0 Å². The summed E-state index contributed by atoms with van der Waals surface area (Å²) in [4.78, 5) is 21.0. The Morgan fingerprint density at radius 2 is 2.03 bits per heavy atom. The quantitative estimate of drug-likeness (QED) is 0.512. The van der Waals surface area contributed by atoms with Crippen LogP contribution in [0.4, 0.5) is 5.13 Å². The molecule has 8 heteroatoms. The summed E-state index contributed by atoms with van der Waals surface area (Å²) in [5.41, 5.74) is 1.32. The molecule has 1 aliphatic carbocycles. The number of carbonyl (C=O) groups excluding carboxylic acids is 1. The predicted molar refractivity (Wildman–Crippen MR) is 130 cm³/mol. The second-order valence-corrected chi connectivity index (χ2v) is 10.1. The minimum absolute atomic E-state index is 0.0567. The number of ether oxygens (including phenoxy) is 1. The minimum atomic E-state index is -0.570. The number of hydrogen-bond acceptors (Lipinski definition) is 6. The van der Waals surface area contributed by atoms with E-state index in [0.29, 0.717) is 16.7 Å². The van der Waals surface area contributed by atoms with E-state index in [2.05, 4.69) is 15.2 Å².